The van der Waals surface area contributed by atoms with Crippen molar-refractivity contribution in [2.75, 3.05) is 99.9 Å². The van der Waals surface area contributed by atoms with Gasteiger partial charge in [0.2, 0.25) is 11.8 Å². The highest BCUT2D eigenvalue weighted by Crippen LogP contribution is 2.40. The second-order valence-electron chi connectivity index (χ2n) is 16.6. The molecule has 0 saturated carbocycles. The molecule has 3 aromatic heterocycles. The van der Waals surface area contributed by atoms with Crippen LogP contribution in [0.2, 0.25) is 5.02 Å². The molecular weight excluding hydrogens is 938 g/mol. The van der Waals surface area contributed by atoms with Crippen LogP contribution in [0.5, 0.6) is 5.75 Å². The molecule has 69 heavy (non-hydrogen) atoms. The molecule has 0 bridgehead atoms. The van der Waals surface area contributed by atoms with E-state index in [0.717, 1.165) is 80.3 Å². The number of pyridine rings is 1. The fraction of sp³-hybridized carbons (Fsp3) is 0.360. The SMILES string of the molecule is Cc1sc2c(c1C)C(c1ccc(Cl)cc1)=N[C@@H](CC(=O)Nc1ccc(OCCOCCOCCOCCNc3nc(N4CCOCC4)ccc3-c3ccc4c(c3)CC(=O)N4)cc1)c1nnc(C)n1-2.S. The number of morpholine rings is 1. The molecule has 3 N–H and O–H groups in total. The number of thiophene rings is 1. The third-order valence-electron chi connectivity index (χ3n) is 11.9. The molecule has 362 valence electrons. The molecule has 3 aliphatic heterocycles. The number of ether oxygens (including phenoxy) is 5. The van der Waals surface area contributed by atoms with Gasteiger partial charge in [-0.1, -0.05) is 29.8 Å². The van der Waals surface area contributed by atoms with E-state index in [1.54, 1.807) is 11.3 Å². The summed E-state index contributed by atoms with van der Waals surface area (Å²) >= 11 is 7.92. The zero-order valence-corrected chi connectivity index (χ0v) is 41.4. The second-order valence-corrected chi connectivity index (χ2v) is 18.2. The molecule has 16 nitrogen and oxygen atoms in total. The first-order valence-corrected chi connectivity index (χ1v) is 24.0. The van der Waals surface area contributed by atoms with E-state index in [1.807, 2.05) is 78.2 Å². The lowest BCUT2D eigenvalue weighted by Crippen LogP contribution is -2.36. The summed E-state index contributed by atoms with van der Waals surface area (Å²) in [4.78, 5) is 39.1. The van der Waals surface area contributed by atoms with Crippen molar-refractivity contribution >= 4 is 77.0 Å². The van der Waals surface area contributed by atoms with Crippen molar-refractivity contribution in [2.45, 2.75) is 39.7 Å². The lowest BCUT2D eigenvalue weighted by molar-refractivity contribution is -0.117. The Hall–Kier alpha value is -5.86. The number of aliphatic imine (C=N–C) groups is 1. The first-order valence-electron chi connectivity index (χ1n) is 22.8. The van der Waals surface area contributed by atoms with Crippen molar-refractivity contribution in [1.29, 1.82) is 0 Å². The molecule has 1 fully saturated rings. The summed E-state index contributed by atoms with van der Waals surface area (Å²) < 4.78 is 30.7. The highest BCUT2D eigenvalue weighted by atomic mass is 35.5. The van der Waals surface area contributed by atoms with Gasteiger partial charge in [0.25, 0.3) is 0 Å². The minimum Gasteiger partial charge on any atom is -0.491 e. The van der Waals surface area contributed by atoms with Crippen LogP contribution in [0.15, 0.2) is 83.9 Å². The van der Waals surface area contributed by atoms with Gasteiger partial charge in [-0.2, -0.15) is 13.5 Å². The predicted molar refractivity (Wildman–Crippen MR) is 275 cm³/mol. The first kappa shape index (κ1) is 49.6. The zero-order valence-electron chi connectivity index (χ0n) is 38.8. The van der Waals surface area contributed by atoms with Crippen molar-refractivity contribution < 1.29 is 33.3 Å². The average molecular weight is 995 g/mol. The van der Waals surface area contributed by atoms with Crippen LogP contribution in [0.25, 0.3) is 16.1 Å². The van der Waals surface area contributed by atoms with Crippen molar-refractivity contribution in [3.63, 3.8) is 0 Å². The number of fused-ring (bicyclic) bond motifs is 4. The summed E-state index contributed by atoms with van der Waals surface area (Å²) in [5, 5.41) is 19.9. The lowest BCUT2D eigenvalue weighted by Gasteiger charge is -2.28. The molecule has 0 radical (unpaired) electrons. The van der Waals surface area contributed by atoms with Gasteiger partial charge < -0.3 is 44.5 Å². The number of benzene rings is 3. The number of anilines is 4. The van der Waals surface area contributed by atoms with Gasteiger partial charge in [-0.05, 0) is 98.1 Å². The van der Waals surface area contributed by atoms with Crippen LogP contribution in [0.1, 0.15) is 51.2 Å². The molecule has 3 aromatic carbocycles. The van der Waals surface area contributed by atoms with Crippen molar-refractivity contribution in [2.24, 2.45) is 4.99 Å². The Morgan fingerprint density at radius 1 is 0.870 bits per heavy atom. The minimum absolute atomic E-state index is 0. The number of amides is 2. The van der Waals surface area contributed by atoms with E-state index in [9.17, 15) is 9.59 Å². The van der Waals surface area contributed by atoms with Gasteiger partial charge in [-0.25, -0.2) is 4.98 Å². The molecule has 1 atom stereocenters. The number of nitrogens with zero attached hydrogens (tertiary/aromatic N) is 6. The second kappa shape index (κ2) is 23.2. The van der Waals surface area contributed by atoms with Gasteiger partial charge in [0.1, 0.15) is 40.9 Å². The van der Waals surface area contributed by atoms with Gasteiger partial charge in [0.05, 0.1) is 71.4 Å². The van der Waals surface area contributed by atoms with E-state index in [0.29, 0.717) is 94.7 Å². The average Bonchev–Trinajstić information content (AvgIpc) is 3.99. The largest absolute Gasteiger partial charge is 0.491 e. The van der Waals surface area contributed by atoms with Crippen LogP contribution in [0.3, 0.4) is 0 Å². The van der Waals surface area contributed by atoms with E-state index < -0.39 is 6.04 Å². The Labute approximate surface area is 417 Å². The summed E-state index contributed by atoms with van der Waals surface area (Å²) in [6.07, 6.45) is 0.444. The van der Waals surface area contributed by atoms with Crippen LogP contribution in [0.4, 0.5) is 23.0 Å². The van der Waals surface area contributed by atoms with E-state index in [2.05, 4.69) is 57.0 Å². The number of hydrogen-bond donors (Lipinski definition) is 3. The molecule has 0 spiro atoms. The maximum atomic E-state index is 13.6. The van der Waals surface area contributed by atoms with Crippen molar-refractivity contribution in [3.8, 4) is 21.9 Å². The fourth-order valence-corrected chi connectivity index (χ4v) is 9.68. The molecule has 1 saturated heterocycles. The maximum Gasteiger partial charge on any atom is 0.228 e. The quantitative estimate of drug-likeness (QED) is 0.0633. The number of aryl methyl sites for hydroxylation is 2. The van der Waals surface area contributed by atoms with Crippen molar-refractivity contribution in [1.82, 2.24) is 19.7 Å². The third-order valence-corrected chi connectivity index (χ3v) is 13.4. The Kier molecular flexibility index (Phi) is 16.6. The van der Waals surface area contributed by atoms with Gasteiger partial charge in [-0.15, -0.1) is 21.5 Å². The lowest BCUT2D eigenvalue weighted by atomic mass is 9.99. The fourth-order valence-electron chi connectivity index (χ4n) is 8.34. The number of nitrogens with one attached hydrogen (secondary N) is 3. The number of carbonyl (C=O) groups excluding carboxylic acids is 2. The molecule has 19 heteroatoms. The van der Waals surface area contributed by atoms with Crippen LogP contribution < -0.4 is 25.6 Å². The predicted octanol–water partition coefficient (Wildman–Crippen LogP) is 7.88. The van der Waals surface area contributed by atoms with Crippen molar-refractivity contribution in [3.05, 3.63) is 123 Å². The summed E-state index contributed by atoms with van der Waals surface area (Å²) in [6.45, 7) is 12.6. The Balaban J connectivity index is 0.00000642. The van der Waals surface area contributed by atoms with Crippen LogP contribution in [-0.2, 0) is 35.0 Å². The number of halogens is 1. The Bertz CT molecular complexity index is 2780. The first-order chi connectivity index (χ1) is 33.2. The van der Waals surface area contributed by atoms with E-state index in [1.165, 1.54) is 4.88 Å². The molecule has 2 amide bonds. The van der Waals surface area contributed by atoms with Crippen LogP contribution in [0, 0.1) is 20.8 Å². The summed E-state index contributed by atoms with van der Waals surface area (Å²) in [6, 6.07) is 24.4. The topological polar surface area (TPSA) is 176 Å². The number of rotatable bonds is 20. The summed E-state index contributed by atoms with van der Waals surface area (Å²) in [5.41, 5.74) is 8.31. The highest BCUT2D eigenvalue weighted by Gasteiger charge is 2.32. The molecular formula is C50H56ClN9O7S2. The van der Waals surface area contributed by atoms with Gasteiger partial charge >= 0.3 is 0 Å². The molecule has 6 aromatic rings. The van der Waals surface area contributed by atoms with Crippen LogP contribution in [-0.4, -0.2) is 116 Å². The normalized spacial score (nSPS) is 15.0. The monoisotopic (exact) mass is 993 g/mol. The van der Waals surface area contributed by atoms with Gasteiger partial charge in [-0.3, -0.25) is 19.1 Å². The smallest absolute Gasteiger partial charge is 0.228 e. The number of aromatic nitrogens is 4. The molecule has 0 unspecified atom stereocenters. The van der Waals surface area contributed by atoms with Crippen LogP contribution >= 0.6 is 36.4 Å². The summed E-state index contributed by atoms with van der Waals surface area (Å²) in [5.74, 6) is 3.48. The zero-order chi connectivity index (χ0) is 47.0. The molecule has 0 aliphatic carbocycles. The Morgan fingerprint density at radius 2 is 1.58 bits per heavy atom. The maximum absolute atomic E-state index is 13.6. The summed E-state index contributed by atoms with van der Waals surface area (Å²) in [7, 11) is 0. The molecule has 3 aliphatic rings. The Morgan fingerprint density at radius 3 is 2.33 bits per heavy atom. The van der Waals surface area contributed by atoms with Gasteiger partial charge in [0.15, 0.2) is 5.82 Å². The number of hydrogen-bond acceptors (Lipinski definition) is 14. The highest BCUT2D eigenvalue weighted by molar-refractivity contribution is 7.59. The third kappa shape index (κ3) is 12.0. The van der Waals surface area contributed by atoms with E-state index in [-0.39, 0.29) is 31.7 Å². The molecule has 6 heterocycles. The number of carbonyl (C=O) groups is 2. The van der Waals surface area contributed by atoms with E-state index in [4.69, 9.17) is 45.3 Å². The standard InChI is InChI=1S/C50H54ClN9O7S.H2S/c1-31-32(2)68-50-46(31)47(34-4-7-37(51)8-5-34)55-42(49-58-57-33(3)60(49)50)30-45(62)53-38-9-11-39(12-10-38)67-27-26-66-25-24-65-23-22-63-19-16-52-48-40(13-15-43(56-48)59-17-20-64-21-18-59)35-6-14-41-36(28-35)29-44(61)54-41;/h4-15,28,42H,16-27,29-30H2,1-3H3,(H,52,56)(H,53,62)(H,54,61);1H2/t42-;/m0./s1. The van der Waals surface area contributed by atoms with E-state index >= 15 is 0 Å². The minimum atomic E-state index is -0.574. The van der Waals surface area contributed by atoms with Gasteiger partial charge in [0, 0.05) is 57.6 Å². The molecule has 9 rings (SSSR count).